The van der Waals surface area contributed by atoms with Gasteiger partial charge in [0.2, 0.25) is 10.0 Å². The molecule has 3 heterocycles. The topological polar surface area (TPSA) is 78.1 Å². The smallest absolute Gasteiger partial charge is 0.209 e. The van der Waals surface area contributed by atoms with E-state index in [0.29, 0.717) is 5.92 Å². The van der Waals surface area contributed by atoms with E-state index < -0.39 is 10.0 Å². The van der Waals surface area contributed by atoms with E-state index in [-0.39, 0.29) is 6.04 Å². The van der Waals surface area contributed by atoms with Crippen LogP contribution < -0.4 is 4.72 Å². The maximum atomic E-state index is 11.6. The van der Waals surface area contributed by atoms with Crippen LogP contribution >= 0.6 is 11.3 Å². The van der Waals surface area contributed by atoms with Crippen molar-refractivity contribution in [3.8, 4) is 10.6 Å². The average molecular weight is 369 g/mol. The molecule has 0 aliphatic carbocycles. The molecule has 2 atom stereocenters. The molecule has 132 valence electrons. The highest BCUT2D eigenvalue weighted by molar-refractivity contribution is 7.88. The molecule has 0 unspecified atom stereocenters. The first-order valence-corrected chi connectivity index (χ1v) is 10.9. The Balaban J connectivity index is 1.65. The summed E-state index contributed by atoms with van der Waals surface area (Å²) >= 11 is 1.75. The fourth-order valence-electron chi connectivity index (χ4n) is 3.38. The third kappa shape index (κ3) is 4.44. The highest BCUT2D eigenvalue weighted by Gasteiger charge is 2.33. The number of hydrogen-bond acceptors (Lipinski definition) is 5. The monoisotopic (exact) mass is 368 g/mol. The van der Waals surface area contributed by atoms with Crippen LogP contribution in [0.2, 0.25) is 0 Å². The quantitative estimate of drug-likeness (QED) is 0.786. The molecule has 0 aromatic carbocycles. The Kier molecular flexibility index (Phi) is 5.39. The van der Waals surface area contributed by atoms with Gasteiger partial charge in [0, 0.05) is 36.8 Å². The molecule has 24 heavy (non-hydrogen) atoms. The van der Waals surface area contributed by atoms with Gasteiger partial charge in [0.05, 0.1) is 16.8 Å². The Bertz CT molecular complexity index is 755. The Morgan fingerprint density at radius 3 is 2.88 bits per heavy atom. The number of aromatic nitrogens is 2. The minimum atomic E-state index is -3.17. The molecular formula is C16H24N4O2S2. The number of nitrogens with zero attached hydrogens (tertiary/aromatic N) is 2. The molecule has 2 aromatic rings. The lowest BCUT2D eigenvalue weighted by Crippen LogP contribution is -2.39. The number of thiophene rings is 1. The maximum absolute atomic E-state index is 11.6. The summed E-state index contributed by atoms with van der Waals surface area (Å²) in [6, 6.07) is 6.24. The van der Waals surface area contributed by atoms with E-state index in [4.69, 9.17) is 0 Å². The fraction of sp³-hybridized carbons (Fsp3) is 0.562. The fourth-order valence-corrected chi connectivity index (χ4v) is 5.22. The summed E-state index contributed by atoms with van der Waals surface area (Å²) in [4.78, 5) is 4.82. The summed E-state index contributed by atoms with van der Waals surface area (Å²) in [6.45, 7) is 4.73. The van der Waals surface area contributed by atoms with Gasteiger partial charge >= 0.3 is 0 Å². The molecule has 1 aliphatic heterocycles. The summed E-state index contributed by atoms with van der Waals surface area (Å²) in [7, 11) is -3.17. The van der Waals surface area contributed by atoms with Gasteiger partial charge in [0.25, 0.3) is 0 Å². The van der Waals surface area contributed by atoms with E-state index in [1.165, 1.54) is 16.0 Å². The molecule has 0 saturated carbocycles. The number of sulfonamides is 1. The van der Waals surface area contributed by atoms with E-state index in [2.05, 4.69) is 38.9 Å². The van der Waals surface area contributed by atoms with Crippen molar-refractivity contribution in [3.63, 3.8) is 0 Å². The van der Waals surface area contributed by atoms with Gasteiger partial charge in [-0.2, -0.15) is 5.10 Å². The van der Waals surface area contributed by atoms with Gasteiger partial charge in [-0.15, -0.1) is 11.3 Å². The number of likely N-dealkylation sites (tertiary alicyclic amines) is 1. The van der Waals surface area contributed by atoms with Crippen molar-refractivity contribution in [1.29, 1.82) is 0 Å². The largest absolute Gasteiger partial charge is 0.296 e. The molecule has 1 fully saturated rings. The van der Waals surface area contributed by atoms with Crippen LogP contribution in [0, 0.1) is 5.92 Å². The normalized spacial score (nSPS) is 22.2. The number of nitrogens with one attached hydrogen (secondary N) is 2. The van der Waals surface area contributed by atoms with E-state index >= 15 is 0 Å². The van der Waals surface area contributed by atoms with E-state index in [9.17, 15) is 8.42 Å². The standard InChI is InChI=1S/C16H24N4O2S2/c1-3-4-12-9-20(11-15(12)19-24(2,21)22)10-13-5-6-16(23-13)14-7-8-17-18-14/h5-8,12,15,19H,3-4,9-11H2,1-2H3,(H,17,18)/t12-,15-/m1/s1. The highest BCUT2D eigenvalue weighted by atomic mass is 32.2. The number of aromatic amines is 1. The molecule has 2 aromatic heterocycles. The zero-order valence-corrected chi connectivity index (χ0v) is 15.7. The van der Waals surface area contributed by atoms with Crippen molar-refractivity contribution >= 4 is 21.4 Å². The van der Waals surface area contributed by atoms with Crippen molar-refractivity contribution in [2.75, 3.05) is 19.3 Å². The first kappa shape index (κ1) is 17.6. The van der Waals surface area contributed by atoms with Gasteiger partial charge < -0.3 is 0 Å². The second-order valence-corrected chi connectivity index (χ2v) is 9.42. The zero-order valence-electron chi connectivity index (χ0n) is 14.0. The van der Waals surface area contributed by atoms with Gasteiger partial charge in [-0.1, -0.05) is 13.3 Å². The van der Waals surface area contributed by atoms with Gasteiger partial charge in [-0.05, 0) is 30.5 Å². The Morgan fingerprint density at radius 2 is 2.21 bits per heavy atom. The van der Waals surface area contributed by atoms with Crippen LogP contribution in [0.3, 0.4) is 0 Å². The lowest BCUT2D eigenvalue weighted by molar-refractivity contribution is 0.315. The predicted octanol–water partition coefficient (Wildman–Crippen LogP) is 2.29. The van der Waals surface area contributed by atoms with Crippen LogP contribution in [-0.4, -0.2) is 48.9 Å². The molecule has 8 heteroatoms. The molecule has 0 bridgehead atoms. The van der Waals surface area contributed by atoms with Crippen molar-refractivity contribution in [1.82, 2.24) is 19.8 Å². The maximum Gasteiger partial charge on any atom is 0.209 e. The Morgan fingerprint density at radius 1 is 1.38 bits per heavy atom. The van der Waals surface area contributed by atoms with Gasteiger partial charge in [-0.25, -0.2) is 13.1 Å². The number of rotatable bonds is 7. The zero-order chi connectivity index (χ0) is 17.2. The summed E-state index contributed by atoms with van der Waals surface area (Å²) in [5.74, 6) is 0.386. The van der Waals surface area contributed by atoms with Crippen molar-refractivity contribution < 1.29 is 8.42 Å². The molecule has 0 amide bonds. The number of H-pyrrole nitrogens is 1. The van der Waals surface area contributed by atoms with E-state index in [1.54, 1.807) is 17.5 Å². The van der Waals surface area contributed by atoms with Crippen molar-refractivity contribution in [3.05, 3.63) is 29.3 Å². The van der Waals surface area contributed by atoms with Crippen molar-refractivity contribution in [2.24, 2.45) is 5.92 Å². The minimum Gasteiger partial charge on any atom is -0.296 e. The lowest BCUT2D eigenvalue weighted by Gasteiger charge is -2.17. The van der Waals surface area contributed by atoms with Crippen LogP contribution in [-0.2, 0) is 16.6 Å². The number of hydrogen-bond donors (Lipinski definition) is 2. The molecule has 2 N–H and O–H groups in total. The SMILES string of the molecule is CCC[C@@H]1CN(Cc2ccc(-c3ccn[nH]3)s2)C[C@H]1NS(C)(=O)=O. The second kappa shape index (κ2) is 7.35. The van der Waals surface area contributed by atoms with Gasteiger partial charge in [-0.3, -0.25) is 10.00 Å². The van der Waals surface area contributed by atoms with Crippen LogP contribution in [0.1, 0.15) is 24.6 Å². The Labute approximate surface area is 147 Å². The summed E-state index contributed by atoms with van der Waals surface area (Å²) in [5.41, 5.74) is 1.04. The van der Waals surface area contributed by atoms with Crippen LogP contribution in [0.4, 0.5) is 0 Å². The Hall–Kier alpha value is -1.22. The summed E-state index contributed by atoms with van der Waals surface area (Å²) < 4.78 is 26.0. The van der Waals surface area contributed by atoms with E-state index in [0.717, 1.165) is 38.2 Å². The molecule has 1 saturated heterocycles. The summed E-state index contributed by atoms with van der Waals surface area (Å²) in [5, 5.41) is 6.98. The van der Waals surface area contributed by atoms with Crippen molar-refractivity contribution in [2.45, 2.75) is 32.4 Å². The molecule has 0 spiro atoms. The third-order valence-electron chi connectivity index (χ3n) is 4.35. The minimum absolute atomic E-state index is 0.0204. The third-order valence-corrected chi connectivity index (χ3v) is 6.18. The summed E-state index contributed by atoms with van der Waals surface area (Å²) in [6.07, 6.45) is 5.12. The molecular weight excluding hydrogens is 344 g/mol. The first-order valence-electron chi connectivity index (χ1n) is 8.22. The van der Waals surface area contributed by atoms with Gasteiger partial charge in [0.1, 0.15) is 0 Å². The molecule has 0 radical (unpaired) electrons. The van der Waals surface area contributed by atoms with Crippen LogP contribution in [0.5, 0.6) is 0 Å². The average Bonchev–Trinajstić information content (AvgIpc) is 3.20. The van der Waals surface area contributed by atoms with Crippen LogP contribution in [0.25, 0.3) is 10.6 Å². The molecule has 3 rings (SSSR count). The van der Waals surface area contributed by atoms with Gasteiger partial charge in [0.15, 0.2) is 0 Å². The lowest BCUT2D eigenvalue weighted by atomic mass is 9.99. The predicted molar refractivity (Wildman–Crippen MR) is 97.3 cm³/mol. The molecule has 6 nitrogen and oxygen atoms in total. The van der Waals surface area contributed by atoms with E-state index in [1.807, 2.05) is 6.07 Å². The highest BCUT2D eigenvalue weighted by Crippen LogP contribution is 2.29. The molecule has 1 aliphatic rings. The second-order valence-electron chi connectivity index (χ2n) is 6.48. The first-order chi connectivity index (χ1) is 11.4. The van der Waals surface area contributed by atoms with Crippen LogP contribution in [0.15, 0.2) is 24.4 Å².